The zero-order valence-electron chi connectivity index (χ0n) is 19.2. The minimum absolute atomic E-state index is 0.0591. The Morgan fingerprint density at radius 2 is 0.750 bits per heavy atom. The van der Waals surface area contributed by atoms with Gasteiger partial charge in [-0.05, 0) is 19.8 Å². The molecule has 0 saturated carbocycles. The number of hydrogen-bond acceptors (Lipinski definition) is 2. The molecule has 0 aliphatic heterocycles. The van der Waals surface area contributed by atoms with E-state index in [1.165, 1.54) is 89.9 Å². The number of rotatable bonds is 22. The van der Waals surface area contributed by atoms with Gasteiger partial charge in [0.1, 0.15) is 11.6 Å². The van der Waals surface area contributed by atoms with E-state index in [0.717, 1.165) is 25.7 Å². The monoisotopic (exact) mass is 393 g/mol. The first-order valence-electron chi connectivity index (χ1n) is 12.5. The van der Waals surface area contributed by atoms with Gasteiger partial charge in [0.2, 0.25) is 0 Å². The molecule has 0 aromatic heterocycles. The van der Waals surface area contributed by atoms with Gasteiger partial charge in [-0.25, -0.2) is 0 Å². The van der Waals surface area contributed by atoms with Gasteiger partial charge in [0.05, 0.1) is 5.92 Å². The van der Waals surface area contributed by atoms with Crippen LogP contribution < -0.4 is 0 Å². The van der Waals surface area contributed by atoms with Gasteiger partial charge in [0.15, 0.2) is 0 Å². The van der Waals surface area contributed by atoms with Gasteiger partial charge in [-0.2, -0.15) is 0 Å². The first-order chi connectivity index (χ1) is 13.6. The normalized spacial score (nSPS) is 11.3. The Labute approximate surface area is 176 Å². The minimum Gasteiger partial charge on any atom is -0.299 e. The SMILES string of the molecule is [CH2]C(C(=O)CCCCCCCCCCC)C(=O)CCCCCCCCCCC. The maximum Gasteiger partial charge on any atom is 0.143 e. The molecule has 0 aromatic carbocycles. The predicted octanol–water partition coefficient (Wildman–Crippen LogP) is 8.42. The molecule has 0 aromatic rings. The van der Waals surface area contributed by atoms with Crippen LogP contribution >= 0.6 is 0 Å². The summed E-state index contributed by atoms with van der Waals surface area (Å²) >= 11 is 0. The van der Waals surface area contributed by atoms with Crippen molar-refractivity contribution in [3.8, 4) is 0 Å². The lowest BCUT2D eigenvalue weighted by Crippen LogP contribution is -2.21. The topological polar surface area (TPSA) is 34.1 Å². The Balaban J connectivity index is 3.52. The molecule has 165 valence electrons. The van der Waals surface area contributed by atoms with E-state index in [0.29, 0.717) is 12.8 Å². The highest BCUT2D eigenvalue weighted by Crippen LogP contribution is 2.15. The molecule has 0 rings (SSSR count). The van der Waals surface area contributed by atoms with Gasteiger partial charge < -0.3 is 0 Å². The van der Waals surface area contributed by atoms with Crippen LogP contribution in [0.15, 0.2) is 0 Å². The first kappa shape index (κ1) is 27.3. The fourth-order valence-corrected chi connectivity index (χ4v) is 3.75. The molecule has 0 amide bonds. The van der Waals surface area contributed by atoms with Crippen molar-refractivity contribution >= 4 is 11.6 Å². The average molecular weight is 394 g/mol. The van der Waals surface area contributed by atoms with Crippen molar-refractivity contribution in [3.05, 3.63) is 6.92 Å². The van der Waals surface area contributed by atoms with Crippen LogP contribution in [0, 0.1) is 12.8 Å². The molecule has 0 unspecified atom stereocenters. The quantitative estimate of drug-likeness (QED) is 0.137. The third kappa shape index (κ3) is 17.4. The largest absolute Gasteiger partial charge is 0.299 e. The summed E-state index contributed by atoms with van der Waals surface area (Å²) in [5.74, 6) is -0.504. The third-order valence-electron chi connectivity index (χ3n) is 5.83. The Bertz CT molecular complexity index is 327. The van der Waals surface area contributed by atoms with Crippen molar-refractivity contribution in [1.29, 1.82) is 0 Å². The molecule has 0 aliphatic rings. The third-order valence-corrected chi connectivity index (χ3v) is 5.83. The zero-order chi connectivity index (χ0) is 20.9. The second-order valence-corrected chi connectivity index (χ2v) is 8.64. The van der Waals surface area contributed by atoms with Crippen LogP contribution in [-0.2, 0) is 9.59 Å². The number of unbranched alkanes of at least 4 members (excludes halogenated alkanes) is 16. The summed E-state index contributed by atoms with van der Waals surface area (Å²) in [6.07, 6.45) is 23.5. The maximum absolute atomic E-state index is 12.2. The number of hydrogen-bond donors (Lipinski definition) is 0. The molecule has 0 saturated heterocycles. The van der Waals surface area contributed by atoms with Crippen LogP contribution in [0.5, 0.6) is 0 Å². The van der Waals surface area contributed by atoms with E-state index in [2.05, 4.69) is 20.8 Å². The number of Topliss-reactive ketones (excluding diaryl/α,β-unsaturated/α-hetero) is 2. The second-order valence-electron chi connectivity index (χ2n) is 8.64. The second kappa shape index (κ2) is 21.1. The lowest BCUT2D eigenvalue weighted by molar-refractivity contribution is -0.131. The van der Waals surface area contributed by atoms with Crippen molar-refractivity contribution in [2.45, 2.75) is 142 Å². The maximum atomic E-state index is 12.2. The molecule has 0 fully saturated rings. The summed E-state index contributed by atoms with van der Waals surface area (Å²) in [6, 6.07) is 0. The van der Waals surface area contributed by atoms with Crippen LogP contribution in [0.4, 0.5) is 0 Å². The van der Waals surface area contributed by atoms with E-state index < -0.39 is 5.92 Å². The lowest BCUT2D eigenvalue weighted by Gasteiger charge is -2.09. The van der Waals surface area contributed by atoms with Gasteiger partial charge in [-0.1, -0.05) is 117 Å². The highest BCUT2D eigenvalue weighted by molar-refractivity contribution is 6.02. The zero-order valence-corrected chi connectivity index (χ0v) is 19.2. The summed E-state index contributed by atoms with van der Waals surface area (Å²) < 4.78 is 0. The number of ketones is 2. The van der Waals surface area contributed by atoms with Crippen LogP contribution in [0.1, 0.15) is 142 Å². The van der Waals surface area contributed by atoms with E-state index in [9.17, 15) is 9.59 Å². The van der Waals surface area contributed by atoms with E-state index >= 15 is 0 Å². The Kier molecular flexibility index (Phi) is 20.6. The van der Waals surface area contributed by atoms with Gasteiger partial charge in [-0.15, -0.1) is 0 Å². The summed E-state index contributed by atoms with van der Waals surface area (Å²) in [5, 5.41) is 0. The van der Waals surface area contributed by atoms with Gasteiger partial charge >= 0.3 is 0 Å². The first-order valence-corrected chi connectivity index (χ1v) is 12.5. The average Bonchev–Trinajstić information content (AvgIpc) is 2.70. The summed E-state index contributed by atoms with van der Waals surface area (Å²) in [4.78, 5) is 24.3. The van der Waals surface area contributed by atoms with Crippen molar-refractivity contribution in [2.24, 2.45) is 5.92 Å². The fraction of sp³-hybridized carbons (Fsp3) is 0.885. The molecule has 1 radical (unpaired) electrons. The summed E-state index contributed by atoms with van der Waals surface area (Å²) in [7, 11) is 0. The number of carbonyl (C=O) groups excluding carboxylic acids is 2. The van der Waals surface area contributed by atoms with Crippen molar-refractivity contribution in [3.63, 3.8) is 0 Å². The van der Waals surface area contributed by atoms with Crippen molar-refractivity contribution in [1.82, 2.24) is 0 Å². The van der Waals surface area contributed by atoms with Gasteiger partial charge in [-0.3, -0.25) is 9.59 Å². The summed E-state index contributed by atoms with van der Waals surface area (Å²) in [5.41, 5.74) is 0. The molecule has 28 heavy (non-hydrogen) atoms. The van der Waals surface area contributed by atoms with Crippen LogP contribution in [0.2, 0.25) is 0 Å². The highest BCUT2D eigenvalue weighted by atomic mass is 16.1. The van der Waals surface area contributed by atoms with Crippen molar-refractivity contribution in [2.75, 3.05) is 0 Å². The molecule has 0 N–H and O–H groups in total. The molecule has 2 heteroatoms. The van der Waals surface area contributed by atoms with E-state index in [4.69, 9.17) is 0 Å². The predicted molar refractivity (Wildman–Crippen MR) is 123 cm³/mol. The van der Waals surface area contributed by atoms with Gasteiger partial charge in [0.25, 0.3) is 0 Å². The Morgan fingerprint density at radius 1 is 0.500 bits per heavy atom. The highest BCUT2D eigenvalue weighted by Gasteiger charge is 2.20. The van der Waals surface area contributed by atoms with E-state index in [1.54, 1.807) is 0 Å². The molecular formula is C26H49O2. The standard InChI is InChI=1S/C26H49O2/c1-4-6-8-10-12-14-16-18-20-22-25(27)24(3)26(28)23-21-19-17-15-13-11-9-7-5-2/h24H,3-23H2,1-2H3. The Morgan fingerprint density at radius 3 is 1.04 bits per heavy atom. The van der Waals surface area contributed by atoms with Crippen LogP contribution in [0.25, 0.3) is 0 Å². The molecule has 0 heterocycles. The molecule has 0 aliphatic carbocycles. The van der Waals surface area contributed by atoms with Gasteiger partial charge in [0, 0.05) is 12.8 Å². The van der Waals surface area contributed by atoms with Crippen LogP contribution in [-0.4, -0.2) is 11.6 Å². The smallest absolute Gasteiger partial charge is 0.143 e. The molecule has 0 bridgehead atoms. The molecule has 0 atom stereocenters. The fourth-order valence-electron chi connectivity index (χ4n) is 3.75. The van der Waals surface area contributed by atoms with Crippen LogP contribution in [0.3, 0.4) is 0 Å². The Hall–Kier alpha value is -0.660. The summed E-state index contributed by atoms with van der Waals surface area (Å²) in [6.45, 7) is 8.34. The minimum atomic E-state index is -0.622. The molecule has 2 nitrogen and oxygen atoms in total. The number of carbonyl (C=O) groups is 2. The molecule has 0 spiro atoms. The van der Waals surface area contributed by atoms with Crippen molar-refractivity contribution < 1.29 is 9.59 Å². The van der Waals surface area contributed by atoms with E-state index in [1.807, 2.05) is 0 Å². The van der Waals surface area contributed by atoms with E-state index in [-0.39, 0.29) is 11.6 Å². The lowest BCUT2D eigenvalue weighted by atomic mass is 9.93. The molecular weight excluding hydrogens is 344 g/mol.